The number of rotatable bonds is 15. The summed E-state index contributed by atoms with van der Waals surface area (Å²) in [5.41, 5.74) is 2.89. The Morgan fingerprint density at radius 1 is 0.863 bits per heavy atom. The van der Waals surface area contributed by atoms with E-state index in [0.29, 0.717) is 33.7 Å². The maximum atomic E-state index is 14.4. The summed E-state index contributed by atoms with van der Waals surface area (Å²) in [5, 5.41) is 31.4. The van der Waals surface area contributed by atoms with Gasteiger partial charge in [0.2, 0.25) is 11.8 Å². The SMILES string of the molecule is COC(=O)c1ccc(C(C/C=C/c2nc3ccccc3o2)C(C)N(Cc2ccc3ccccc3c2)C(=O)C(C(=O)O)C(CC(=O)O)C(=O)O)cc1. The Morgan fingerprint density at radius 2 is 1.55 bits per heavy atom. The van der Waals surface area contributed by atoms with Crippen molar-refractivity contribution in [3.8, 4) is 0 Å². The summed E-state index contributed by atoms with van der Waals surface area (Å²) in [7, 11) is 1.27. The molecule has 4 atom stereocenters. The van der Waals surface area contributed by atoms with Crippen molar-refractivity contribution in [2.75, 3.05) is 7.11 Å². The number of nitrogens with zero attached hydrogens (tertiary/aromatic N) is 2. The molecule has 0 aliphatic carbocycles. The molecule has 1 heterocycles. The number of esters is 1. The van der Waals surface area contributed by atoms with E-state index in [9.17, 15) is 39.3 Å². The summed E-state index contributed by atoms with van der Waals surface area (Å²) < 4.78 is 10.7. The minimum Gasteiger partial charge on any atom is -0.481 e. The number of hydrogen-bond donors (Lipinski definition) is 3. The molecule has 12 heteroatoms. The van der Waals surface area contributed by atoms with Crippen molar-refractivity contribution in [1.82, 2.24) is 9.88 Å². The third kappa shape index (κ3) is 8.47. The monoisotopic (exact) mass is 692 g/mol. The average molecular weight is 693 g/mol. The lowest BCUT2D eigenvalue weighted by molar-refractivity contribution is -0.164. The highest BCUT2D eigenvalue weighted by Gasteiger charge is 2.44. The van der Waals surface area contributed by atoms with Crippen LogP contribution in [0.15, 0.2) is 101 Å². The van der Waals surface area contributed by atoms with Crippen molar-refractivity contribution in [1.29, 1.82) is 0 Å². The van der Waals surface area contributed by atoms with Gasteiger partial charge in [-0.15, -0.1) is 0 Å². The first kappa shape index (κ1) is 36.0. The number of hydrogen-bond acceptors (Lipinski definition) is 8. The molecule has 5 rings (SSSR count). The molecule has 5 aromatic rings. The van der Waals surface area contributed by atoms with Crippen LogP contribution in [0, 0.1) is 11.8 Å². The summed E-state index contributed by atoms with van der Waals surface area (Å²) in [5.74, 6) is -11.0. The molecular weight excluding hydrogens is 656 g/mol. The van der Waals surface area contributed by atoms with Gasteiger partial charge in [-0.25, -0.2) is 9.78 Å². The number of carbonyl (C=O) groups excluding carboxylic acids is 2. The van der Waals surface area contributed by atoms with E-state index in [-0.39, 0.29) is 13.0 Å². The molecule has 1 aromatic heterocycles. The number of methoxy groups -OCH3 is 1. The number of oxazole rings is 1. The van der Waals surface area contributed by atoms with Crippen LogP contribution >= 0.6 is 0 Å². The number of amides is 1. The maximum Gasteiger partial charge on any atom is 0.337 e. The molecule has 0 aliphatic heterocycles. The van der Waals surface area contributed by atoms with Gasteiger partial charge in [-0.05, 0) is 71.7 Å². The number of para-hydroxylation sites is 2. The molecule has 1 amide bonds. The lowest BCUT2D eigenvalue weighted by atomic mass is 9.84. The van der Waals surface area contributed by atoms with E-state index in [4.69, 9.17) is 9.15 Å². The molecule has 51 heavy (non-hydrogen) atoms. The Hall–Kier alpha value is -6.30. The normalized spacial score (nSPS) is 13.8. The molecule has 0 radical (unpaired) electrons. The molecule has 4 unspecified atom stereocenters. The minimum atomic E-state index is -2.20. The first-order chi connectivity index (χ1) is 24.5. The van der Waals surface area contributed by atoms with E-state index in [0.717, 1.165) is 10.8 Å². The molecular formula is C39H36N2O10. The molecule has 0 saturated carbocycles. The van der Waals surface area contributed by atoms with Gasteiger partial charge in [0.15, 0.2) is 5.58 Å². The zero-order chi connectivity index (χ0) is 36.7. The van der Waals surface area contributed by atoms with Crippen LogP contribution < -0.4 is 0 Å². The topological polar surface area (TPSA) is 185 Å². The Kier molecular flexibility index (Phi) is 11.2. The van der Waals surface area contributed by atoms with Gasteiger partial charge in [0, 0.05) is 18.5 Å². The van der Waals surface area contributed by atoms with Crippen LogP contribution in [0.3, 0.4) is 0 Å². The molecule has 262 valence electrons. The quantitative estimate of drug-likeness (QED) is 0.0832. The fourth-order valence-electron chi connectivity index (χ4n) is 6.21. The molecule has 4 aromatic carbocycles. The standard InChI is InChI=1S/C39H36N2O10/c1-23(29(26-16-18-27(19-17-26)39(49)50-2)10-7-13-33-40-31-11-5-6-12-32(31)51-33)41(22-24-14-15-25-8-3-4-9-28(25)20-24)36(44)35(38(47)48)30(37(45)46)21-34(42)43/h3-9,11-20,23,29-30,35H,10,21-22H2,1-2H3,(H,42,43)(H,45,46)(H,47,48)/b13-7+. The number of allylic oxidation sites excluding steroid dienone is 1. The fraction of sp³-hybridized carbons (Fsp3) is 0.231. The van der Waals surface area contributed by atoms with Crippen molar-refractivity contribution < 1.29 is 48.4 Å². The molecule has 0 saturated heterocycles. The molecule has 12 nitrogen and oxygen atoms in total. The van der Waals surface area contributed by atoms with Crippen molar-refractivity contribution >= 4 is 57.7 Å². The number of aromatic nitrogens is 1. The lowest BCUT2D eigenvalue weighted by Gasteiger charge is -2.37. The van der Waals surface area contributed by atoms with Gasteiger partial charge in [-0.1, -0.05) is 66.7 Å². The minimum absolute atomic E-state index is 0.111. The van der Waals surface area contributed by atoms with Crippen LogP contribution in [0.2, 0.25) is 0 Å². The highest BCUT2D eigenvalue weighted by molar-refractivity contribution is 6.01. The number of fused-ring (bicyclic) bond motifs is 2. The molecule has 0 aliphatic rings. The first-order valence-electron chi connectivity index (χ1n) is 16.1. The van der Waals surface area contributed by atoms with Crippen LogP contribution in [0.1, 0.15) is 53.1 Å². The first-order valence-corrected chi connectivity index (χ1v) is 16.1. The van der Waals surface area contributed by atoms with Gasteiger partial charge in [0.1, 0.15) is 11.4 Å². The summed E-state index contributed by atoms with van der Waals surface area (Å²) in [4.78, 5) is 68.9. The largest absolute Gasteiger partial charge is 0.481 e. The number of carboxylic acid groups (broad SMARTS) is 3. The van der Waals surface area contributed by atoms with Crippen LogP contribution in [-0.2, 0) is 30.5 Å². The van der Waals surface area contributed by atoms with Gasteiger partial charge in [-0.2, -0.15) is 0 Å². The Balaban J connectivity index is 1.58. The highest BCUT2D eigenvalue weighted by atomic mass is 16.5. The smallest absolute Gasteiger partial charge is 0.337 e. The summed E-state index contributed by atoms with van der Waals surface area (Å²) in [6, 6.07) is 26.1. The second-order valence-electron chi connectivity index (χ2n) is 12.1. The second-order valence-corrected chi connectivity index (χ2v) is 12.1. The third-order valence-corrected chi connectivity index (χ3v) is 8.89. The predicted molar refractivity (Wildman–Crippen MR) is 187 cm³/mol. The maximum absolute atomic E-state index is 14.4. The number of carbonyl (C=O) groups is 5. The highest BCUT2D eigenvalue weighted by Crippen LogP contribution is 2.33. The third-order valence-electron chi connectivity index (χ3n) is 8.89. The van der Waals surface area contributed by atoms with E-state index in [1.807, 2.05) is 54.6 Å². The van der Waals surface area contributed by atoms with Crippen molar-refractivity contribution in [2.24, 2.45) is 11.8 Å². The number of aliphatic carboxylic acids is 3. The Bertz CT molecular complexity index is 2070. The fourth-order valence-corrected chi connectivity index (χ4v) is 6.21. The van der Waals surface area contributed by atoms with Crippen LogP contribution in [0.5, 0.6) is 0 Å². The number of carboxylic acids is 3. The second kappa shape index (κ2) is 15.9. The van der Waals surface area contributed by atoms with Crippen molar-refractivity contribution in [3.05, 3.63) is 120 Å². The lowest BCUT2D eigenvalue weighted by Crippen LogP contribution is -2.49. The average Bonchev–Trinajstić information content (AvgIpc) is 3.54. The van der Waals surface area contributed by atoms with Crippen LogP contribution in [0.25, 0.3) is 27.9 Å². The van der Waals surface area contributed by atoms with Crippen LogP contribution in [0.4, 0.5) is 0 Å². The van der Waals surface area contributed by atoms with Gasteiger partial charge >= 0.3 is 23.9 Å². The van der Waals surface area contributed by atoms with Crippen molar-refractivity contribution in [2.45, 2.75) is 38.3 Å². The molecule has 0 bridgehead atoms. The summed E-state index contributed by atoms with van der Waals surface area (Å²) in [6.45, 7) is 1.61. The molecule has 0 fully saturated rings. The zero-order valence-corrected chi connectivity index (χ0v) is 27.8. The molecule has 0 spiro atoms. The van der Waals surface area contributed by atoms with Gasteiger partial charge < -0.3 is 29.4 Å². The summed E-state index contributed by atoms with van der Waals surface area (Å²) in [6.07, 6.45) is 2.69. The van der Waals surface area contributed by atoms with E-state index in [1.165, 1.54) is 12.0 Å². The van der Waals surface area contributed by atoms with Crippen molar-refractivity contribution in [3.63, 3.8) is 0 Å². The molecule has 3 N–H and O–H groups in total. The van der Waals surface area contributed by atoms with E-state index in [1.54, 1.807) is 55.5 Å². The van der Waals surface area contributed by atoms with E-state index >= 15 is 0 Å². The van der Waals surface area contributed by atoms with Crippen LogP contribution in [-0.4, -0.2) is 68.1 Å². The zero-order valence-electron chi connectivity index (χ0n) is 27.8. The van der Waals surface area contributed by atoms with Gasteiger partial charge in [0.05, 0.1) is 25.0 Å². The van der Waals surface area contributed by atoms with Gasteiger partial charge in [-0.3, -0.25) is 19.2 Å². The summed E-state index contributed by atoms with van der Waals surface area (Å²) >= 11 is 0. The number of ether oxygens (including phenoxy) is 1. The van der Waals surface area contributed by atoms with E-state index in [2.05, 4.69) is 4.98 Å². The van der Waals surface area contributed by atoms with Gasteiger partial charge in [0.25, 0.3) is 0 Å². The predicted octanol–water partition coefficient (Wildman–Crippen LogP) is 6.25. The Labute approximate surface area is 292 Å². The Morgan fingerprint density at radius 3 is 2.20 bits per heavy atom. The number of benzene rings is 4. The van der Waals surface area contributed by atoms with E-state index < -0.39 is 60.0 Å².